The molecule has 0 radical (unpaired) electrons. The first-order valence-corrected chi connectivity index (χ1v) is 6.18. The lowest BCUT2D eigenvalue weighted by molar-refractivity contribution is 0.175. The molecular formula is C15H15FN2O2. The molecule has 0 spiro atoms. The van der Waals surface area contributed by atoms with Crippen LogP contribution in [0.15, 0.2) is 54.6 Å². The second kappa shape index (κ2) is 6.68. The van der Waals surface area contributed by atoms with Gasteiger partial charge in [0.15, 0.2) is 0 Å². The number of aliphatic hydroxyl groups is 1. The monoisotopic (exact) mass is 274 g/mol. The smallest absolute Gasteiger partial charge is 0.319 e. The predicted octanol–water partition coefficient (Wildman–Crippen LogP) is 2.68. The van der Waals surface area contributed by atoms with Crippen molar-refractivity contribution in [2.45, 2.75) is 6.10 Å². The highest BCUT2D eigenvalue weighted by molar-refractivity contribution is 5.89. The van der Waals surface area contributed by atoms with Crippen molar-refractivity contribution in [2.75, 3.05) is 11.9 Å². The number of amides is 2. The first-order valence-electron chi connectivity index (χ1n) is 6.18. The molecule has 0 aliphatic heterocycles. The summed E-state index contributed by atoms with van der Waals surface area (Å²) in [7, 11) is 0. The molecule has 5 heteroatoms. The number of halogens is 1. The lowest BCUT2D eigenvalue weighted by Gasteiger charge is -2.12. The largest absolute Gasteiger partial charge is 0.387 e. The number of benzene rings is 2. The van der Waals surface area contributed by atoms with E-state index in [1.807, 2.05) is 18.2 Å². The molecule has 4 nitrogen and oxygen atoms in total. The van der Waals surface area contributed by atoms with E-state index in [0.717, 1.165) is 5.56 Å². The number of carbonyl (C=O) groups excluding carboxylic acids is 1. The Morgan fingerprint density at radius 3 is 2.40 bits per heavy atom. The van der Waals surface area contributed by atoms with Gasteiger partial charge in [-0.05, 0) is 29.8 Å². The van der Waals surface area contributed by atoms with Crippen molar-refractivity contribution in [3.05, 3.63) is 66.0 Å². The van der Waals surface area contributed by atoms with Crippen LogP contribution in [0.2, 0.25) is 0 Å². The standard InChI is InChI=1S/C15H15FN2O2/c16-12-6-8-13(9-7-12)18-15(20)17-10-14(19)11-4-2-1-3-5-11/h1-9,14,19H,10H2,(H2,17,18,20)/t14-/m0/s1. The topological polar surface area (TPSA) is 61.4 Å². The van der Waals surface area contributed by atoms with Crippen LogP contribution in [-0.4, -0.2) is 17.7 Å². The van der Waals surface area contributed by atoms with Crippen molar-refractivity contribution in [1.29, 1.82) is 0 Å². The average molecular weight is 274 g/mol. The van der Waals surface area contributed by atoms with Gasteiger partial charge in [-0.2, -0.15) is 0 Å². The Balaban J connectivity index is 1.82. The van der Waals surface area contributed by atoms with E-state index in [0.29, 0.717) is 5.69 Å². The fraction of sp³-hybridized carbons (Fsp3) is 0.133. The maximum atomic E-state index is 12.7. The van der Waals surface area contributed by atoms with E-state index in [2.05, 4.69) is 10.6 Å². The highest BCUT2D eigenvalue weighted by Gasteiger charge is 2.08. The van der Waals surface area contributed by atoms with Gasteiger partial charge in [-0.3, -0.25) is 0 Å². The average Bonchev–Trinajstić information content (AvgIpc) is 2.48. The molecule has 1 atom stereocenters. The molecule has 104 valence electrons. The molecule has 0 unspecified atom stereocenters. The van der Waals surface area contributed by atoms with Gasteiger partial charge in [0.2, 0.25) is 0 Å². The third-order valence-corrected chi connectivity index (χ3v) is 2.74. The third-order valence-electron chi connectivity index (χ3n) is 2.74. The second-order valence-electron chi connectivity index (χ2n) is 4.27. The zero-order valence-corrected chi connectivity index (χ0v) is 10.7. The van der Waals surface area contributed by atoms with Gasteiger partial charge in [0.05, 0.1) is 6.10 Å². The Morgan fingerprint density at radius 1 is 1.10 bits per heavy atom. The fourth-order valence-electron chi connectivity index (χ4n) is 1.69. The highest BCUT2D eigenvalue weighted by Crippen LogP contribution is 2.11. The van der Waals surface area contributed by atoms with Crippen LogP contribution in [0.5, 0.6) is 0 Å². The van der Waals surface area contributed by atoms with Crippen LogP contribution in [0.3, 0.4) is 0 Å². The van der Waals surface area contributed by atoms with E-state index in [4.69, 9.17) is 0 Å². The minimum absolute atomic E-state index is 0.0943. The van der Waals surface area contributed by atoms with Gasteiger partial charge in [-0.1, -0.05) is 30.3 Å². The molecule has 0 heterocycles. The van der Waals surface area contributed by atoms with Gasteiger partial charge in [0.1, 0.15) is 5.82 Å². The first-order chi connectivity index (χ1) is 9.65. The normalized spacial score (nSPS) is 11.7. The van der Waals surface area contributed by atoms with E-state index >= 15 is 0 Å². The Morgan fingerprint density at radius 2 is 1.75 bits per heavy atom. The van der Waals surface area contributed by atoms with Gasteiger partial charge in [0, 0.05) is 12.2 Å². The van der Waals surface area contributed by atoms with E-state index in [9.17, 15) is 14.3 Å². The second-order valence-corrected chi connectivity index (χ2v) is 4.27. The molecule has 0 bridgehead atoms. The minimum atomic E-state index is -0.768. The fourth-order valence-corrected chi connectivity index (χ4v) is 1.69. The molecule has 2 amide bonds. The van der Waals surface area contributed by atoms with Crippen molar-refractivity contribution in [3.8, 4) is 0 Å². The quantitative estimate of drug-likeness (QED) is 0.802. The van der Waals surface area contributed by atoms with Gasteiger partial charge >= 0.3 is 6.03 Å². The minimum Gasteiger partial charge on any atom is -0.387 e. The van der Waals surface area contributed by atoms with Crippen LogP contribution < -0.4 is 10.6 Å². The third kappa shape index (κ3) is 4.07. The molecule has 2 aromatic rings. The molecule has 2 rings (SSSR count). The Labute approximate surface area is 116 Å². The van der Waals surface area contributed by atoms with E-state index in [1.165, 1.54) is 24.3 Å². The molecule has 0 aliphatic carbocycles. The molecule has 0 aliphatic rings. The number of rotatable bonds is 4. The summed E-state index contributed by atoms with van der Waals surface area (Å²) < 4.78 is 12.7. The van der Waals surface area contributed by atoms with E-state index in [1.54, 1.807) is 12.1 Å². The SMILES string of the molecule is O=C(NC[C@H](O)c1ccccc1)Nc1ccc(F)cc1. The highest BCUT2D eigenvalue weighted by atomic mass is 19.1. The van der Waals surface area contributed by atoms with Gasteiger partial charge in [-0.25, -0.2) is 9.18 Å². The van der Waals surface area contributed by atoms with Crippen molar-refractivity contribution < 1.29 is 14.3 Å². The van der Waals surface area contributed by atoms with Crippen LogP contribution in [0, 0.1) is 5.82 Å². The number of urea groups is 1. The molecule has 20 heavy (non-hydrogen) atoms. The maximum absolute atomic E-state index is 12.7. The van der Waals surface area contributed by atoms with Gasteiger partial charge in [-0.15, -0.1) is 0 Å². The van der Waals surface area contributed by atoms with Crippen LogP contribution in [0.1, 0.15) is 11.7 Å². The van der Waals surface area contributed by atoms with Crippen molar-refractivity contribution >= 4 is 11.7 Å². The van der Waals surface area contributed by atoms with Crippen LogP contribution >= 0.6 is 0 Å². The van der Waals surface area contributed by atoms with Gasteiger partial charge in [0.25, 0.3) is 0 Å². The maximum Gasteiger partial charge on any atom is 0.319 e. The number of anilines is 1. The summed E-state index contributed by atoms with van der Waals surface area (Å²) in [5.74, 6) is -0.365. The molecule has 0 saturated carbocycles. The number of hydrogen-bond donors (Lipinski definition) is 3. The number of aliphatic hydroxyl groups excluding tert-OH is 1. The lowest BCUT2D eigenvalue weighted by atomic mass is 10.1. The summed E-state index contributed by atoms with van der Waals surface area (Å²) in [6, 6.07) is 14.0. The Bertz CT molecular complexity index is 558. The Kier molecular flexibility index (Phi) is 4.68. The lowest BCUT2D eigenvalue weighted by Crippen LogP contribution is -2.32. The van der Waals surface area contributed by atoms with Crippen LogP contribution in [-0.2, 0) is 0 Å². The summed E-state index contributed by atoms with van der Waals surface area (Å²) >= 11 is 0. The zero-order chi connectivity index (χ0) is 14.4. The number of nitrogens with one attached hydrogen (secondary N) is 2. The van der Waals surface area contributed by atoms with Crippen LogP contribution in [0.25, 0.3) is 0 Å². The summed E-state index contributed by atoms with van der Waals surface area (Å²) in [5.41, 5.74) is 1.22. The summed E-state index contributed by atoms with van der Waals surface area (Å²) in [6.45, 7) is 0.0943. The summed E-state index contributed by atoms with van der Waals surface area (Å²) in [6.07, 6.45) is -0.768. The number of hydrogen-bond acceptors (Lipinski definition) is 2. The Hall–Kier alpha value is -2.40. The van der Waals surface area contributed by atoms with E-state index < -0.39 is 12.1 Å². The number of carbonyl (C=O) groups is 1. The summed E-state index contributed by atoms with van der Waals surface area (Å²) in [4.78, 5) is 11.6. The van der Waals surface area contributed by atoms with Gasteiger partial charge < -0.3 is 15.7 Å². The van der Waals surface area contributed by atoms with E-state index in [-0.39, 0.29) is 12.4 Å². The van der Waals surface area contributed by atoms with Crippen LogP contribution in [0.4, 0.5) is 14.9 Å². The molecule has 0 saturated heterocycles. The van der Waals surface area contributed by atoms with Crippen molar-refractivity contribution in [2.24, 2.45) is 0 Å². The predicted molar refractivity (Wildman–Crippen MR) is 74.8 cm³/mol. The first kappa shape index (κ1) is 14.0. The molecule has 2 aromatic carbocycles. The zero-order valence-electron chi connectivity index (χ0n) is 10.7. The van der Waals surface area contributed by atoms with Crippen molar-refractivity contribution in [1.82, 2.24) is 5.32 Å². The van der Waals surface area contributed by atoms with Crippen molar-refractivity contribution in [3.63, 3.8) is 0 Å². The molecule has 0 fully saturated rings. The molecule has 0 aromatic heterocycles. The molecular weight excluding hydrogens is 259 g/mol. The molecule has 3 N–H and O–H groups in total. The summed E-state index contributed by atoms with van der Waals surface area (Å²) in [5, 5.41) is 15.0.